The van der Waals surface area contributed by atoms with Crippen LogP contribution < -0.4 is 0 Å². The molecule has 1 fully saturated rings. The first-order chi connectivity index (χ1) is 13.5. The van der Waals surface area contributed by atoms with E-state index in [-0.39, 0.29) is 12.8 Å². The highest BCUT2D eigenvalue weighted by atomic mass is 32.2. The van der Waals surface area contributed by atoms with Crippen molar-refractivity contribution in [3.8, 4) is 0 Å². The fraction of sp³-hybridized carbons (Fsp3) is 0.800. The van der Waals surface area contributed by atoms with E-state index in [0.717, 1.165) is 6.92 Å². The van der Waals surface area contributed by atoms with Crippen LogP contribution in [0.15, 0.2) is 0 Å². The van der Waals surface area contributed by atoms with Crippen LogP contribution in [0.2, 0.25) is 0 Å². The minimum atomic E-state index is -6.24. The van der Waals surface area contributed by atoms with Crippen molar-refractivity contribution in [2.24, 2.45) is 5.92 Å². The zero-order valence-electron chi connectivity index (χ0n) is 15.5. The molecule has 1 atom stereocenters. The lowest BCUT2D eigenvalue weighted by molar-refractivity contribution is -0.361. The van der Waals surface area contributed by atoms with Gasteiger partial charge in [0.1, 0.15) is 13.2 Å². The van der Waals surface area contributed by atoms with Gasteiger partial charge < -0.3 is 14.2 Å². The molecular formula is C15H19F5O9S. The molecule has 30 heavy (non-hydrogen) atoms. The van der Waals surface area contributed by atoms with Crippen LogP contribution in [0.5, 0.6) is 0 Å². The Morgan fingerprint density at radius 1 is 1.03 bits per heavy atom. The van der Waals surface area contributed by atoms with E-state index in [1.54, 1.807) is 0 Å². The number of ketones is 1. The Kier molecular flexibility index (Phi) is 8.30. The Labute approximate surface area is 167 Å². The molecule has 0 aromatic rings. The molecule has 0 radical (unpaired) electrons. The van der Waals surface area contributed by atoms with Crippen molar-refractivity contribution in [1.82, 2.24) is 0 Å². The van der Waals surface area contributed by atoms with Crippen LogP contribution >= 0.6 is 0 Å². The molecule has 1 aliphatic carbocycles. The number of ether oxygens (including phenoxy) is 3. The molecule has 1 rings (SSSR count). The quantitative estimate of drug-likeness (QED) is 0.232. The molecule has 9 nitrogen and oxygen atoms in total. The second-order valence-corrected chi connectivity index (χ2v) is 8.10. The van der Waals surface area contributed by atoms with Crippen molar-refractivity contribution in [2.45, 2.75) is 56.2 Å². The SMILES string of the molecule is CC(=O)COC(=O)C(OCC(F)(F)S(=O)(=O)O)(OC(=O)C1CCCCC1)C(F)(F)F. The molecule has 174 valence electrons. The van der Waals surface area contributed by atoms with E-state index < -0.39 is 64.2 Å². The molecule has 0 bridgehead atoms. The molecule has 1 aliphatic rings. The Balaban J connectivity index is 3.31. The van der Waals surface area contributed by atoms with Gasteiger partial charge in [-0.2, -0.15) is 30.4 Å². The number of carbonyl (C=O) groups is 3. The summed E-state index contributed by atoms with van der Waals surface area (Å²) in [5, 5.41) is -5.29. The van der Waals surface area contributed by atoms with Gasteiger partial charge in [-0.25, -0.2) is 4.79 Å². The summed E-state index contributed by atoms with van der Waals surface area (Å²) in [6.07, 6.45) is -4.23. The summed E-state index contributed by atoms with van der Waals surface area (Å²) in [4.78, 5) is 35.1. The number of carbonyl (C=O) groups excluding carboxylic acids is 3. The van der Waals surface area contributed by atoms with Gasteiger partial charge in [0, 0.05) is 0 Å². The zero-order chi connectivity index (χ0) is 23.4. The third-order valence-corrected chi connectivity index (χ3v) is 4.92. The fourth-order valence-corrected chi connectivity index (χ4v) is 2.68. The van der Waals surface area contributed by atoms with Crippen molar-refractivity contribution in [1.29, 1.82) is 0 Å². The Morgan fingerprint density at radius 2 is 1.57 bits per heavy atom. The summed E-state index contributed by atoms with van der Waals surface area (Å²) in [6, 6.07) is 0. The molecule has 0 saturated heterocycles. The first-order valence-electron chi connectivity index (χ1n) is 8.48. The van der Waals surface area contributed by atoms with Crippen LogP contribution in [0, 0.1) is 5.92 Å². The van der Waals surface area contributed by atoms with E-state index in [1.165, 1.54) is 0 Å². The van der Waals surface area contributed by atoms with Crippen molar-refractivity contribution < 1.29 is 63.5 Å². The number of esters is 2. The third kappa shape index (κ3) is 6.31. The summed E-state index contributed by atoms with van der Waals surface area (Å²) in [5.41, 5.74) is 0. The lowest BCUT2D eigenvalue weighted by Crippen LogP contribution is -2.60. The van der Waals surface area contributed by atoms with Gasteiger partial charge in [0.2, 0.25) is 0 Å². The number of hydrogen-bond donors (Lipinski definition) is 1. The van der Waals surface area contributed by atoms with E-state index in [2.05, 4.69) is 14.2 Å². The molecule has 0 heterocycles. The maximum absolute atomic E-state index is 13.7. The van der Waals surface area contributed by atoms with Crippen LogP contribution in [0.25, 0.3) is 0 Å². The highest BCUT2D eigenvalue weighted by molar-refractivity contribution is 7.86. The van der Waals surface area contributed by atoms with Gasteiger partial charge in [-0.15, -0.1) is 0 Å². The lowest BCUT2D eigenvalue weighted by atomic mass is 9.89. The summed E-state index contributed by atoms with van der Waals surface area (Å²) < 4.78 is 110. The molecular weight excluding hydrogens is 451 g/mol. The van der Waals surface area contributed by atoms with Crippen LogP contribution in [0.4, 0.5) is 22.0 Å². The average molecular weight is 470 g/mol. The molecule has 0 aromatic heterocycles. The first-order valence-corrected chi connectivity index (χ1v) is 9.92. The van der Waals surface area contributed by atoms with E-state index in [1.807, 2.05) is 0 Å². The van der Waals surface area contributed by atoms with Gasteiger partial charge in [0.15, 0.2) is 5.78 Å². The van der Waals surface area contributed by atoms with Gasteiger partial charge >= 0.3 is 39.3 Å². The van der Waals surface area contributed by atoms with Crippen LogP contribution in [-0.4, -0.2) is 61.1 Å². The molecule has 15 heteroatoms. The Morgan fingerprint density at radius 3 is 2.00 bits per heavy atom. The number of alkyl halides is 5. The summed E-state index contributed by atoms with van der Waals surface area (Å²) in [7, 11) is -6.24. The standard InChI is InChI=1S/C15H19F5O9S/c1-9(21)7-27-12(23)14(15(18,19)20,28-8-13(16,17)30(24,25)26)29-11(22)10-5-3-2-4-6-10/h10H,2-8H2,1H3,(H,24,25,26). The molecule has 0 aliphatic heterocycles. The van der Waals surface area contributed by atoms with Gasteiger partial charge in [-0.05, 0) is 19.8 Å². The summed E-state index contributed by atoms with van der Waals surface area (Å²) in [5.74, 6) is -11.0. The predicted octanol–water partition coefficient (Wildman–Crippen LogP) is 2.00. The zero-order valence-corrected chi connectivity index (χ0v) is 16.4. The molecule has 0 aromatic carbocycles. The minimum absolute atomic E-state index is 0.0937. The summed E-state index contributed by atoms with van der Waals surface area (Å²) >= 11 is 0. The topological polar surface area (TPSA) is 133 Å². The first kappa shape index (κ1) is 26.2. The van der Waals surface area contributed by atoms with E-state index >= 15 is 0 Å². The van der Waals surface area contributed by atoms with Crippen molar-refractivity contribution in [3.05, 3.63) is 0 Å². The van der Waals surface area contributed by atoms with Crippen molar-refractivity contribution in [2.75, 3.05) is 13.2 Å². The van der Waals surface area contributed by atoms with Crippen LogP contribution in [0.1, 0.15) is 39.0 Å². The second kappa shape index (κ2) is 9.51. The van der Waals surface area contributed by atoms with Gasteiger partial charge in [-0.1, -0.05) is 19.3 Å². The lowest BCUT2D eigenvalue weighted by Gasteiger charge is -2.34. The molecule has 0 amide bonds. The minimum Gasteiger partial charge on any atom is -0.453 e. The molecule has 1 N–H and O–H groups in total. The van der Waals surface area contributed by atoms with E-state index in [0.29, 0.717) is 19.3 Å². The summed E-state index contributed by atoms with van der Waals surface area (Å²) in [6.45, 7) is -3.13. The Hall–Kier alpha value is -1.87. The van der Waals surface area contributed by atoms with Gasteiger partial charge in [0.05, 0.1) is 5.92 Å². The average Bonchev–Trinajstić information content (AvgIpc) is 2.61. The smallest absolute Gasteiger partial charge is 0.453 e. The molecule has 1 saturated carbocycles. The van der Waals surface area contributed by atoms with Crippen LogP contribution in [0.3, 0.4) is 0 Å². The number of hydrogen-bond acceptors (Lipinski definition) is 8. The van der Waals surface area contributed by atoms with Gasteiger partial charge in [0.25, 0.3) is 0 Å². The van der Waals surface area contributed by atoms with Crippen LogP contribution in [-0.2, 0) is 38.7 Å². The normalized spacial score (nSPS) is 18.4. The second-order valence-electron chi connectivity index (χ2n) is 6.55. The van der Waals surface area contributed by atoms with Gasteiger partial charge in [-0.3, -0.25) is 14.1 Å². The highest BCUT2D eigenvalue weighted by Crippen LogP contribution is 2.39. The predicted molar refractivity (Wildman–Crippen MR) is 85.5 cm³/mol. The van der Waals surface area contributed by atoms with E-state index in [9.17, 15) is 44.8 Å². The van der Waals surface area contributed by atoms with Crippen molar-refractivity contribution >= 4 is 27.8 Å². The largest absolute Gasteiger partial charge is 0.468 e. The number of rotatable bonds is 9. The third-order valence-electron chi connectivity index (χ3n) is 4.05. The maximum atomic E-state index is 13.7. The maximum Gasteiger partial charge on any atom is 0.468 e. The number of halogens is 5. The highest BCUT2D eigenvalue weighted by Gasteiger charge is 2.69. The molecule has 0 spiro atoms. The Bertz CT molecular complexity index is 759. The molecule has 1 unspecified atom stereocenters. The van der Waals surface area contributed by atoms with E-state index in [4.69, 9.17) is 4.55 Å². The van der Waals surface area contributed by atoms with Crippen molar-refractivity contribution in [3.63, 3.8) is 0 Å². The monoisotopic (exact) mass is 470 g/mol. The number of Topliss-reactive ketones (excluding diaryl/α,β-unsaturated/α-hetero) is 1. The fourth-order valence-electron chi connectivity index (χ4n) is 2.47.